The van der Waals surface area contributed by atoms with Gasteiger partial charge in [-0.05, 0) is 32.1 Å². The Morgan fingerprint density at radius 3 is 3.00 bits per heavy atom. The van der Waals surface area contributed by atoms with Gasteiger partial charge < -0.3 is 10.3 Å². The fourth-order valence-corrected chi connectivity index (χ4v) is 2.90. The zero-order valence-electron chi connectivity index (χ0n) is 11.1. The molecule has 0 spiro atoms. The number of nitrogens with one attached hydrogen (secondary N) is 2. The summed E-state index contributed by atoms with van der Waals surface area (Å²) in [4.78, 5) is 7.51. The summed E-state index contributed by atoms with van der Waals surface area (Å²) in [6.07, 6.45) is 11.9. The molecule has 3 atom stereocenters. The molecule has 1 saturated carbocycles. The molecule has 0 radical (unpaired) electrons. The van der Waals surface area contributed by atoms with Gasteiger partial charge in [-0.1, -0.05) is 26.2 Å². The zero-order chi connectivity index (χ0) is 12.1. The number of H-pyrrole nitrogens is 1. The van der Waals surface area contributed by atoms with Crippen molar-refractivity contribution in [3.63, 3.8) is 0 Å². The van der Waals surface area contributed by atoms with Crippen LogP contribution in [0, 0.1) is 5.92 Å². The van der Waals surface area contributed by atoms with Crippen LogP contribution in [0.3, 0.4) is 0 Å². The Morgan fingerprint density at radius 2 is 2.29 bits per heavy atom. The van der Waals surface area contributed by atoms with Gasteiger partial charge in [0.1, 0.15) is 5.82 Å². The molecule has 1 aliphatic rings. The molecular weight excluding hydrogens is 210 g/mol. The quantitative estimate of drug-likeness (QED) is 0.785. The van der Waals surface area contributed by atoms with E-state index in [0.717, 1.165) is 11.7 Å². The van der Waals surface area contributed by atoms with E-state index in [-0.39, 0.29) is 0 Å². The minimum atomic E-state index is 0.341. The summed E-state index contributed by atoms with van der Waals surface area (Å²) in [5, 5.41) is 3.71. The first-order valence-corrected chi connectivity index (χ1v) is 7.05. The van der Waals surface area contributed by atoms with Crippen LogP contribution in [0.4, 0.5) is 0 Å². The third-order valence-electron chi connectivity index (χ3n) is 4.08. The van der Waals surface area contributed by atoms with Crippen molar-refractivity contribution in [1.82, 2.24) is 15.3 Å². The fraction of sp³-hybridized carbons (Fsp3) is 0.786. The summed E-state index contributed by atoms with van der Waals surface area (Å²) in [7, 11) is 0. The molecule has 3 nitrogen and oxygen atoms in total. The molecular formula is C14H25N3. The Morgan fingerprint density at radius 1 is 1.41 bits per heavy atom. The molecule has 1 aromatic heterocycles. The standard InChI is InChI=1S/C14H25N3/c1-3-12-5-4-6-13(8-7-12)17-11(2)14-15-9-10-16-14/h9-13,17H,3-8H2,1-2H3,(H,15,16). The molecule has 0 saturated heterocycles. The van der Waals surface area contributed by atoms with E-state index >= 15 is 0 Å². The molecule has 2 rings (SSSR count). The van der Waals surface area contributed by atoms with Crippen molar-refractivity contribution in [2.75, 3.05) is 0 Å². The second-order valence-corrected chi connectivity index (χ2v) is 5.34. The third-order valence-corrected chi connectivity index (χ3v) is 4.08. The first kappa shape index (κ1) is 12.6. The van der Waals surface area contributed by atoms with Gasteiger partial charge in [0, 0.05) is 18.4 Å². The van der Waals surface area contributed by atoms with E-state index in [1.165, 1.54) is 38.5 Å². The van der Waals surface area contributed by atoms with Crippen molar-refractivity contribution in [3.05, 3.63) is 18.2 Å². The summed E-state index contributed by atoms with van der Waals surface area (Å²) >= 11 is 0. The van der Waals surface area contributed by atoms with Crippen molar-refractivity contribution < 1.29 is 0 Å². The smallest absolute Gasteiger partial charge is 0.122 e. The number of hydrogen-bond acceptors (Lipinski definition) is 2. The Labute approximate surface area is 104 Å². The SMILES string of the molecule is CCC1CCCC(NC(C)c2ncc[nH]2)CC1. The molecule has 0 aliphatic heterocycles. The summed E-state index contributed by atoms with van der Waals surface area (Å²) in [6.45, 7) is 4.52. The summed E-state index contributed by atoms with van der Waals surface area (Å²) in [5.74, 6) is 2.02. The molecule has 2 N–H and O–H groups in total. The molecule has 0 aromatic carbocycles. The van der Waals surface area contributed by atoms with Crippen molar-refractivity contribution in [1.29, 1.82) is 0 Å². The number of nitrogens with zero attached hydrogens (tertiary/aromatic N) is 1. The largest absolute Gasteiger partial charge is 0.347 e. The summed E-state index contributed by atoms with van der Waals surface area (Å²) in [5.41, 5.74) is 0. The molecule has 17 heavy (non-hydrogen) atoms. The van der Waals surface area contributed by atoms with E-state index in [2.05, 4.69) is 29.1 Å². The molecule has 0 amide bonds. The van der Waals surface area contributed by atoms with Crippen LogP contribution in [0.5, 0.6) is 0 Å². The fourth-order valence-electron chi connectivity index (χ4n) is 2.90. The lowest BCUT2D eigenvalue weighted by Gasteiger charge is -2.20. The number of aromatic nitrogens is 2. The molecule has 3 heteroatoms. The molecule has 3 unspecified atom stereocenters. The number of imidazole rings is 1. The molecule has 1 fully saturated rings. The highest BCUT2D eigenvalue weighted by molar-refractivity contribution is 4.94. The van der Waals surface area contributed by atoms with Crippen LogP contribution in [-0.4, -0.2) is 16.0 Å². The van der Waals surface area contributed by atoms with Gasteiger partial charge in [-0.2, -0.15) is 0 Å². The van der Waals surface area contributed by atoms with E-state index in [9.17, 15) is 0 Å². The van der Waals surface area contributed by atoms with E-state index in [0.29, 0.717) is 12.1 Å². The minimum Gasteiger partial charge on any atom is -0.347 e. The molecule has 1 aliphatic carbocycles. The van der Waals surface area contributed by atoms with Crippen molar-refractivity contribution in [2.24, 2.45) is 5.92 Å². The van der Waals surface area contributed by atoms with Crippen LogP contribution in [0.1, 0.15) is 64.2 Å². The Kier molecular flexibility index (Phi) is 4.60. The van der Waals surface area contributed by atoms with E-state index in [1.54, 1.807) is 0 Å². The second kappa shape index (κ2) is 6.20. The second-order valence-electron chi connectivity index (χ2n) is 5.34. The van der Waals surface area contributed by atoms with Gasteiger partial charge in [0.05, 0.1) is 6.04 Å². The van der Waals surface area contributed by atoms with Crippen LogP contribution in [0.15, 0.2) is 12.4 Å². The highest BCUT2D eigenvalue weighted by atomic mass is 15.0. The lowest BCUT2D eigenvalue weighted by molar-refractivity contribution is 0.393. The predicted octanol–water partition coefficient (Wildman–Crippen LogP) is 3.42. The number of hydrogen-bond donors (Lipinski definition) is 2. The maximum absolute atomic E-state index is 4.32. The topological polar surface area (TPSA) is 40.7 Å². The van der Waals surface area contributed by atoms with Crippen molar-refractivity contribution >= 4 is 0 Å². The summed E-state index contributed by atoms with van der Waals surface area (Å²) in [6, 6.07) is 1.01. The Hall–Kier alpha value is -0.830. The first-order valence-electron chi connectivity index (χ1n) is 7.05. The first-order chi connectivity index (χ1) is 8.29. The minimum absolute atomic E-state index is 0.341. The normalized spacial score (nSPS) is 27.6. The average molecular weight is 235 g/mol. The third kappa shape index (κ3) is 3.56. The van der Waals surface area contributed by atoms with Crippen LogP contribution in [-0.2, 0) is 0 Å². The monoisotopic (exact) mass is 235 g/mol. The molecule has 1 heterocycles. The summed E-state index contributed by atoms with van der Waals surface area (Å²) < 4.78 is 0. The number of rotatable bonds is 4. The molecule has 0 bridgehead atoms. The van der Waals surface area contributed by atoms with Gasteiger partial charge >= 0.3 is 0 Å². The lowest BCUT2D eigenvalue weighted by Crippen LogP contribution is -2.31. The van der Waals surface area contributed by atoms with Crippen LogP contribution < -0.4 is 5.32 Å². The van der Waals surface area contributed by atoms with Gasteiger partial charge in [0.15, 0.2) is 0 Å². The van der Waals surface area contributed by atoms with E-state index in [4.69, 9.17) is 0 Å². The van der Waals surface area contributed by atoms with Gasteiger partial charge in [-0.25, -0.2) is 4.98 Å². The maximum Gasteiger partial charge on any atom is 0.122 e. The van der Waals surface area contributed by atoms with Crippen LogP contribution in [0.2, 0.25) is 0 Å². The van der Waals surface area contributed by atoms with Gasteiger partial charge in [-0.15, -0.1) is 0 Å². The highest BCUT2D eigenvalue weighted by Crippen LogP contribution is 2.26. The number of aromatic amines is 1. The van der Waals surface area contributed by atoms with Gasteiger partial charge in [0.2, 0.25) is 0 Å². The molecule has 96 valence electrons. The van der Waals surface area contributed by atoms with Gasteiger partial charge in [-0.3, -0.25) is 0 Å². The van der Waals surface area contributed by atoms with Gasteiger partial charge in [0.25, 0.3) is 0 Å². The van der Waals surface area contributed by atoms with Crippen molar-refractivity contribution in [2.45, 2.75) is 64.5 Å². The highest BCUT2D eigenvalue weighted by Gasteiger charge is 2.19. The van der Waals surface area contributed by atoms with Crippen molar-refractivity contribution in [3.8, 4) is 0 Å². The van der Waals surface area contributed by atoms with E-state index < -0.39 is 0 Å². The maximum atomic E-state index is 4.32. The zero-order valence-corrected chi connectivity index (χ0v) is 11.1. The lowest BCUT2D eigenvalue weighted by atomic mass is 9.98. The Bertz CT molecular complexity index is 307. The van der Waals surface area contributed by atoms with E-state index in [1.807, 2.05) is 12.4 Å². The van der Waals surface area contributed by atoms with Crippen LogP contribution >= 0.6 is 0 Å². The molecule has 1 aromatic rings. The van der Waals surface area contributed by atoms with Crippen LogP contribution in [0.25, 0.3) is 0 Å². The Balaban J connectivity index is 1.82. The predicted molar refractivity (Wildman–Crippen MR) is 70.8 cm³/mol. The average Bonchev–Trinajstić information content (AvgIpc) is 2.78.